The van der Waals surface area contributed by atoms with Crippen molar-refractivity contribution in [2.24, 2.45) is 0 Å². The van der Waals surface area contributed by atoms with E-state index in [4.69, 9.17) is 0 Å². The maximum atomic E-state index is 13.7. The van der Waals surface area contributed by atoms with Crippen LogP contribution in [0.15, 0.2) is 77.2 Å². The first-order valence-electron chi connectivity index (χ1n) is 9.94. The van der Waals surface area contributed by atoms with Crippen molar-refractivity contribution in [2.75, 3.05) is 6.54 Å². The molecule has 0 radical (unpaired) electrons. The smallest absolute Gasteiger partial charge is 0.312 e. The first kappa shape index (κ1) is 20.7. The number of aryl methyl sites for hydroxylation is 1. The average molecular weight is 437 g/mol. The summed E-state index contributed by atoms with van der Waals surface area (Å²) < 4.78 is 17.0. The van der Waals surface area contributed by atoms with Crippen LogP contribution in [0, 0.1) is 5.82 Å². The molecule has 4 aromatic rings. The lowest BCUT2D eigenvalue weighted by Crippen LogP contribution is -2.24. The number of thiazole rings is 1. The van der Waals surface area contributed by atoms with Crippen LogP contribution in [0.5, 0.6) is 0 Å². The van der Waals surface area contributed by atoms with E-state index < -0.39 is 5.82 Å². The maximum Gasteiger partial charge on any atom is 0.312 e. The van der Waals surface area contributed by atoms with Gasteiger partial charge in [0.25, 0.3) is 5.91 Å². The Bertz CT molecular complexity index is 1230. The highest BCUT2D eigenvalue weighted by molar-refractivity contribution is 7.07. The van der Waals surface area contributed by atoms with E-state index in [2.05, 4.69) is 10.4 Å². The van der Waals surface area contributed by atoms with Crippen LogP contribution in [0.1, 0.15) is 23.2 Å². The molecule has 2 aromatic heterocycles. The number of unbranched alkanes of at least 4 members (excludes halogenated alkanes) is 1. The second-order valence-corrected chi connectivity index (χ2v) is 7.84. The van der Waals surface area contributed by atoms with Gasteiger partial charge in [0, 0.05) is 42.0 Å². The fourth-order valence-electron chi connectivity index (χ4n) is 3.32. The molecule has 0 unspecified atom stereocenters. The van der Waals surface area contributed by atoms with E-state index in [-0.39, 0.29) is 10.8 Å². The van der Waals surface area contributed by atoms with Crippen LogP contribution in [-0.4, -0.2) is 26.8 Å². The molecule has 0 spiro atoms. The average Bonchev–Trinajstić information content (AvgIpc) is 3.43. The fraction of sp³-hybridized carbons (Fsp3) is 0.174. The zero-order valence-corrected chi connectivity index (χ0v) is 17.5. The van der Waals surface area contributed by atoms with E-state index >= 15 is 0 Å². The lowest BCUT2D eigenvalue weighted by atomic mass is 10.1. The predicted molar refractivity (Wildman–Crippen MR) is 119 cm³/mol. The van der Waals surface area contributed by atoms with Gasteiger partial charge in [-0.05, 0) is 49.2 Å². The normalized spacial score (nSPS) is 10.9. The number of halogens is 1. The van der Waals surface area contributed by atoms with Crippen molar-refractivity contribution in [3.8, 4) is 16.9 Å². The van der Waals surface area contributed by atoms with Crippen LogP contribution in [0.3, 0.4) is 0 Å². The monoisotopic (exact) mass is 436 g/mol. The highest BCUT2D eigenvalue weighted by atomic mass is 32.1. The van der Waals surface area contributed by atoms with Crippen LogP contribution in [-0.2, 0) is 6.54 Å². The van der Waals surface area contributed by atoms with Crippen LogP contribution in [0.2, 0.25) is 0 Å². The SMILES string of the molecule is O=C(NCCCCn1cccn1)c1cccc(-c2csc(=O)n2-c2cccc(F)c2)c1. The molecule has 2 aromatic carbocycles. The van der Waals surface area contributed by atoms with Gasteiger partial charge < -0.3 is 5.32 Å². The first-order chi connectivity index (χ1) is 15.1. The Hall–Kier alpha value is -3.52. The minimum Gasteiger partial charge on any atom is -0.352 e. The molecule has 2 heterocycles. The number of rotatable bonds is 8. The Labute approximate surface area is 182 Å². The van der Waals surface area contributed by atoms with Crippen LogP contribution >= 0.6 is 11.3 Å². The molecule has 0 atom stereocenters. The lowest BCUT2D eigenvalue weighted by molar-refractivity contribution is 0.0953. The van der Waals surface area contributed by atoms with Gasteiger partial charge in [-0.2, -0.15) is 5.10 Å². The minimum atomic E-state index is -0.415. The maximum absolute atomic E-state index is 13.7. The third kappa shape index (κ3) is 4.97. The molecular formula is C23H21FN4O2S. The largest absolute Gasteiger partial charge is 0.352 e. The highest BCUT2D eigenvalue weighted by Crippen LogP contribution is 2.24. The van der Waals surface area contributed by atoms with E-state index in [1.54, 1.807) is 41.9 Å². The second-order valence-electron chi connectivity index (χ2n) is 7.02. The molecule has 0 saturated carbocycles. The van der Waals surface area contributed by atoms with Gasteiger partial charge in [0.15, 0.2) is 0 Å². The van der Waals surface area contributed by atoms with Gasteiger partial charge in [0.05, 0.1) is 11.4 Å². The van der Waals surface area contributed by atoms with Crippen molar-refractivity contribution in [2.45, 2.75) is 19.4 Å². The zero-order chi connectivity index (χ0) is 21.6. The third-order valence-corrected chi connectivity index (χ3v) is 5.57. The molecule has 8 heteroatoms. The first-order valence-corrected chi connectivity index (χ1v) is 10.8. The number of carbonyl (C=O) groups excluding carboxylic acids is 1. The summed E-state index contributed by atoms with van der Waals surface area (Å²) in [5.74, 6) is -0.585. The summed E-state index contributed by atoms with van der Waals surface area (Å²) in [6.45, 7) is 1.38. The predicted octanol–water partition coefficient (Wildman–Crippen LogP) is 4.11. The summed E-state index contributed by atoms with van der Waals surface area (Å²) in [4.78, 5) is 24.8. The molecule has 6 nitrogen and oxygen atoms in total. The van der Waals surface area contributed by atoms with E-state index in [1.165, 1.54) is 16.7 Å². The van der Waals surface area contributed by atoms with Crippen LogP contribution in [0.4, 0.5) is 4.39 Å². The quantitative estimate of drug-likeness (QED) is 0.423. The van der Waals surface area contributed by atoms with Gasteiger partial charge in [-0.1, -0.05) is 29.5 Å². The molecule has 158 valence electrons. The van der Waals surface area contributed by atoms with Gasteiger partial charge in [0.2, 0.25) is 0 Å². The Kier molecular flexibility index (Phi) is 6.37. The molecule has 1 amide bonds. The van der Waals surface area contributed by atoms with E-state index in [0.29, 0.717) is 29.1 Å². The summed E-state index contributed by atoms with van der Waals surface area (Å²) in [5.41, 5.74) is 2.30. The number of nitrogens with zero attached hydrogens (tertiary/aromatic N) is 3. The van der Waals surface area contributed by atoms with Crippen molar-refractivity contribution in [1.82, 2.24) is 19.7 Å². The van der Waals surface area contributed by atoms with Crippen LogP contribution in [0.25, 0.3) is 16.9 Å². The van der Waals surface area contributed by atoms with Gasteiger partial charge in [-0.25, -0.2) is 4.39 Å². The summed E-state index contributed by atoms with van der Waals surface area (Å²) in [6, 6.07) is 14.9. The van der Waals surface area contributed by atoms with E-state index in [1.807, 2.05) is 23.0 Å². The van der Waals surface area contributed by atoms with Gasteiger partial charge >= 0.3 is 4.87 Å². The summed E-state index contributed by atoms with van der Waals surface area (Å²) in [5, 5.41) is 8.81. The number of benzene rings is 2. The standard InChI is InChI=1S/C23H21FN4O2S/c24-19-8-4-9-20(15-19)28-21(16-31-23(28)30)17-6-3-7-18(14-17)22(29)25-10-1-2-12-27-13-5-11-26-27/h3-9,11,13-16H,1-2,10,12H2,(H,25,29). The molecular weight excluding hydrogens is 415 g/mol. The highest BCUT2D eigenvalue weighted by Gasteiger charge is 2.13. The van der Waals surface area contributed by atoms with Gasteiger partial charge in [0.1, 0.15) is 5.82 Å². The van der Waals surface area contributed by atoms with Crippen LogP contribution < -0.4 is 10.2 Å². The number of aromatic nitrogens is 3. The number of carbonyl (C=O) groups is 1. The number of amides is 1. The van der Waals surface area contributed by atoms with Crippen molar-refractivity contribution in [3.05, 3.63) is 93.4 Å². The van der Waals surface area contributed by atoms with Gasteiger partial charge in [-0.15, -0.1) is 0 Å². The third-order valence-electron chi connectivity index (χ3n) is 4.84. The van der Waals surface area contributed by atoms with E-state index in [9.17, 15) is 14.0 Å². The molecule has 0 aliphatic rings. The molecule has 0 aliphatic carbocycles. The molecule has 0 aliphatic heterocycles. The summed E-state index contributed by atoms with van der Waals surface area (Å²) in [7, 11) is 0. The Morgan fingerprint density at radius 3 is 2.77 bits per heavy atom. The summed E-state index contributed by atoms with van der Waals surface area (Å²) in [6.07, 6.45) is 5.42. The molecule has 1 N–H and O–H groups in total. The number of nitrogens with one attached hydrogen (secondary N) is 1. The minimum absolute atomic E-state index is 0.171. The van der Waals surface area contributed by atoms with Crippen molar-refractivity contribution >= 4 is 17.2 Å². The molecule has 31 heavy (non-hydrogen) atoms. The molecule has 0 fully saturated rings. The number of hydrogen-bond acceptors (Lipinski definition) is 4. The Morgan fingerprint density at radius 2 is 1.97 bits per heavy atom. The Balaban J connectivity index is 1.45. The molecule has 4 rings (SSSR count). The van der Waals surface area contributed by atoms with Gasteiger partial charge in [-0.3, -0.25) is 18.8 Å². The second kappa shape index (κ2) is 9.53. The van der Waals surface area contributed by atoms with Crippen molar-refractivity contribution in [1.29, 1.82) is 0 Å². The molecule has 0 bridgehead atoms. The van der Waals surface area contributed by atoms with E-state index in [0.717, 1.165) is 30.7 Å². The topological polar surface area (TPSA) is 68.9 Å². The van der Waals surface area contributed by atoms with Crippen molar-refractivity contribution in [3.63, 3.8) is 0 Å². The fourth-order valence-corrected chi connectivity index (χ4v) is 4.09. The number of hydrogen-bond donors (Lipinski definition) is 1. The zero-order valence-electron chi connectivity index (χ0n) is 16.7. The summed E-state index contributed by atoms with van der Waals surface area (Å²) >= 11 is 1.04. The lowest BCUT2D eigenvalue weighted by Gasteiger charge is -2.10. The van der Waals surface area contributed by atoms with Crippen molar-refractivity contribution < 1.29 is 9.18 Å². The molecule has 0 saturated heterocycles. The Morgan fingerprint density at radius 1 is 1.10 bits per heavy atom.